The smallest absolute Gasteiger partial charge is 0.402 e. The van der Waals surface area contributed by atoms with Gasteiger partial charge >= 0.3 is 7.32 Å². The lowest BCUT2D eigenvalue weighted by atomic mass is 9.82. The molecule has 14 heavy (non-hydrogen) atoms. The summed E-state index contributed by atoms with van der Waals surface area (Å²) in [5.41, 5.74) is -0.367. The maximum Gasteiger partial charge on any atom is 0.631 e. The summed E-state index contributed by atoms with van der Waals surface area (Å²) in [4.78, 5) is 0. The normalized spacial score (nSPS) is 13.3. The van der Waals surface area contributed by atoms with E-state index in [1.54, 1.807) is 0 Å². The van der Waals surface area contributed by atoms with Crippen molar-refractivity contribution in [2.24, 2.45) is 11.3 Å². The Hall–Kier alpha value is -0.135. The molecule has 0 fully saturated rings. The van der Waals surface area contributed by atoms with Gasteiger partial charge in [-0.05, 0) is 5.92 Å². The van der Waals surface area contributed by atoms with Gasteiger partial charge < -0.3 is 25.3 Å². The molecule has 0 aromatic carbocycles. The van der Waals surface area contributed by atoms with Gasteiger partial charge in [0.15, 0.2) is 0 Å². The van der Waals surface area contributed by atoms with E-state index in [1.165, 1.54) is 0 Å². The van der Waals surface area contributed by atoms with Gasteiger partial charge in [0.25, 0.3) is 0 Å². The van der Waals surface area contributed by atoms with Crippen LogP contribution < -0.4 is 0 Å². The summed E-state index contributed by atoms with van der Waals surface area (Å²) >= 11 is 0. The fourth-order valence-corrected chi connectivity index (χ4v) is 0.996. The second-order valence-corrected chi connectivity index (χ2v) is 4.18. The standard InChI is InChI=1S/C8H18O2.BH3O3/c1-6(2)7(10)8(3,4)5-9;2-1(3)4/h6-7,9-10H,5H2,1-4H3;2-4H. The van der Waals surface area contributed by atoms with E-state index in [0.717, 1.165) is 0 Å². The molecule has 0 aliphatic carbocycles. The van der Waals surface area contributed by atoms with Crippen LogP contribution in [0.4, 0.5) is 0 Å². The van der Waals surface area contributed by atoms with Gasteiger partial charge in [0.1, 0.15) is 0 Å². The Morgan fingerprint density at radius 3 is 1.50 bits per heavy atom. The Kier molecular flexibility index (Phi) is 8.38. The van der Waals surface area contributed by atoms with Gasteiger partial charge in [-0.2, -0.15) is 0 Å². The Morgan fingerprint density at radius 1 is 1.14 bits per heavy atom. The summed E-state index contributed by atoms with van der Waals surface area (Å²) in [6.45, 7) is 7.64. The van der Waals surface area contributed by atoms with Crippen LogP contribution in [0.25, 0.3) is 0 Å². The van der Waals surface area contributed by atoms with Crippen molar-refractivity contribution >= 4 is 7.32 Å². The third-order valence-corrected chi connectivity index (χ3v) is 1.84. The highest BCUT2D eigenvalue weighted by Gasteiger charge is 2.28. The van der Waals surface area contributed by atoms with E-state index in [0.29, 0.717) is 0 Å². The number of hydrogen-bond acceptors (Lipinski definition) is 5. The van der Waals surface area contributed by atoms with Gasteiger partial charge in [-0.25, -0.2) is 0 Å². The monoisotopic (exact) mass is 208 g/mol. The predicted molar refractivity (Wildman–Crippen MR) is 54.1 cm³/mol. The number of aliphatic hydroxyl groups excluding tert-OH is 2. The van der Waals surface area contributed by atoms with Gasteiger partial charge in [0.2, 0.25) is 0 Å². The molecule has 0 saturated carbocycles. The molecule has 0 saturated heterocycles. The first-order valence-electron chi connectivity index (χ1n) is 4.48. The minimum Gasteiger partial charge on any atom is -0.402 e. The van der Waals surface area contributed by atoms with E-state index in [9.17, 15) is 5.11 Å². The molecule has 0 spiro atoms. The van der Waals surface area contributed by atoms with E-state index in [1.807, 2.05) is 27.7 Å². The topological polar surface area (TPSA) is 101 Å². The van der Waals surface area contributed by atoms with E-state index in [2.05, 4.69) is 0 Å². The summed E-state index contributed by atoms with van der Waals surface area (Å²) in [5.74, 6) is 0.210. The van der Waals surface area contributed by atoms with Crippen LogP contribution in [0.15, 0.2) is 0 Å². The van der Waals surface area contributed by atoms with Crippen molar-refractivity contribution in [3.05, 3.63) is 0 Å². The molecule has 0 amide bonds. The van der Waals surface area contributed by atoms with Crippen LogP contribution in [0.3, 0.4) is 0 Å². The molecule has 0 aliphatic heterocycles. The minimum absolute atomic E-state index is 0.0341. The molecule has 0 rings (SSSR count). The third kappa shape index (κ3) is 8.46. The van der Waals surface area contributed by atoms with Crippen molar-refractivity contribution < 1.29 is 25.3 Å². The summed E-state index contributed by atoms with van der Waals surface area (Å²) in [5, 5.41) is 39.8. The zero-order valence-electron chi connectivity index (χ0n) is 9.18. The van der Waals surface area contributed by atoms with E-state index < -0.39 is 13.4 Å². The molecule has 1 unspecified atom stereocenters. The van der Waals surface area contributed by atoms with Crippen molar-refractivity contribution in [1.82, 2.24) is 0 Å². The van der Waals surface area contributed by atoms with E-state index >= 15 is 0 Å². The lowest BCUT2D eigenvalue weighted by molar-refractivity contribution is -0.0204. The fourth-order valence-electron chi connectivity index (χ4n) is 0.996. The highest BCUT2D eigenvalue weighted by Crippen LogP contribution is 2.24. The van der Waals surface area contributed by atoms with Crippen molar-refractivity contribution in [2.75, 3.05) is 6.61 Å². The molecule has 6 heteroatoms. The largest absolute Gasteiger partial charge is 0.631 e. The van der Waals surface area contributed by atoms with Gasteiger partial charge in [-0.1, -0.05) is 27.7 Å². The van der Waals surface area contributed by atoms with Crippen LogP contribution in [0.5, 0.6) is 0 Å². The first kappa shape index (κ1) is 16.3. The molecular weight excluding hydrogens is 187 g/mol. The molecule has 0 radical (unpaired) electrons. The molecular formula is C8H21BO5. The number of rotatable bonds is 3. The van der Waals surface area contributed by atoms with Crippen molar-refractivity contribution in [2.45, 2.75) is 33.8 Å². The number of hydrogen-bond donors (Lipinski definition) is 5. The van der Waals surface area contributed by atoms with Crippen LogP contribution in [-0.4, -0.2) is 45.3 Å². The summed E-state index contributed by atoms with van der Waals surface area (Å²) in [6, 6.07) is 0. The maximum atomic E-state index is 9.49. The quantitative estimate of drug-likeness (QED) is 0.382. The van der Waals surface area contributed by atoms with Crippen molar-refractivity contribution in [1.29, 1.82) is 0 Å². The molecule has 0 heterocycles. The maximum absolute atomic E-state index is 9.49. The minimum atomic E-state index is -2.17. The Balaban J connectivity index is 0. The van der Waals surface area contributed by atoms with Crippen LogP contribution in [-0.2, 0) is 0 Å². The van der Waals surface area contributed by atoms with Crippen LogP contribution in [0.2, 0.25) is 0 Å². The van der Waals surface area contributed by atoms with Gasteiger partial charge in [0.05, 0.1) is 12.7 Å². The number of aliphatic hydroxyl groups is 2. The van der Waals surface area contributed by atoms with Crippen LogP contribution in [0, 0.1) is 11.3 Å². The van der Waals surface area contributed by atoms with Gasteiger partial charge in [-0.15, -0.1) is 0 Å². The summed E-state index contributed by atoms with van der Waals surface area (Å²) in [6.07, 6.45) is -0.419. The molecule has 5 N–H and O–H groups in total. The molecule has 1 atom stereocenters. The molecule has 0 aromatic rings. The molecule has 0 bridgehead atoms. The molecule has 5 nitrogen and oxygen atoms in total. The van der Waals surface area contributed by atoms with Crippen molar-refractivity contribution in [3.63, 3.8) is 0 Å². The first-order valence-corrected chi connectivity index (χ1v) is 4.48. The first-order chi connectivity index (χ1) is 6.15. The lowest BCUT2D eigenvalue weighted by Crippen LogP contribution is -2.36. The van der Waals surface area contributed by atoms with Gasteiger partial charge in [-0.3, -0.25) is 0 Å². The zero-order valence-corrected chi connectivity index (χ0v) is 9.18. The second kappa shape index (κ2) is 7.20. The van der Waals surface area contributed by atoms with Crippen LogP contribution in [0.1, 0.15) is 27.7 Å². The molecule has 0 aliphatic rings. The van der Waals surface area contributed by atoms with E-state index in [4.69, 9.17) is 20.2 Å². The average Bonchev–Trinajstić information content (AvgIpc) is 2.02. The van der Waals surface area contributed by atoms with Crippen molar-refractivity contribution in [3.8, 4) is 0 Å². The summed E-state index contributed by atoms with van der Waals surface area (Å²) in [7, 11) is -2.17. The highest BCUT2D eigenvalue weighted by atomic mass is 16.5. The fraction of sp³-hybridized carbons (Fsp3) is 1.00. The predicted octanol–water partition coefficient (Wildman–Crippen LogP) is -1.03. The average molecular weight is 208 g/mol. The Bertz CT molecular complexity index is 135. The lowest BCUT2D eigenvalue weighted by Gasteiger charge is -2.30. The Labute approximate surface area is 85.2 Å². The van der Waals surface area contributed by atoms with Gasteiger partial charge in [0, 0.05) is 5.41 Å². The summed E-state index contributed by atoms with van der Waals surface area (Å²) < 4.78 is 0. The molecule has 86 valence electrons. The molecule has 0 aromatic heterocycles. The highest BCUT2D eigenvalue weighted by molar-refractivity contribution is 6.30. The SMILES string of the molecule is CC(C)C(O)C(C)(C)CO.OB(O)O. The van der Waals surface area contributed by atoms with E-state index in [-0.39, 0.29) is 17.9 Å². The van der Waals surface area contributed by atoms with Crippen LogP contribution >= 0.6 is 0 Å². The second-order valence-electron chi connectivity index (χ2n) is 4.18. The zero-order chi connectivity index (χ0) is 11.9. The Morgan fingerprint density at radius 2 is 1.43 bits per heavy atom. The third-order valence-electron chi connectivity index (χ3n) is 1.84.